The summed E-state index contributed by atoms with van der Waals surface area (Å²) in [5.74, 6) is 0.533. The van der Waals surface area contributed by atoms with Crippen molar-refractivity contribution < 1.29 is 8.42 Å². The monoisotopic (exact) mass is 330 g/mol. The average Bonchev–Trinajstić information content (AvgIpc) is 2.64. The number of piperazine rings is 1. The van der Waals surface area contributed by atoms with Gasteiger partial charge < -0.3 is 10.2 Å². The molecule has 0 radical (unpaired) electrons. The standard InChI is InChI=1S/C12H15BrN2O2S/c13-9-1-3-10(4-2-9)15-6-5-14-11-7-18(16,17)8-12(11)15/h1-4,11-12,14H,5-8H2. The number of fused-ring (bicyclic) bond motifs is 1. The van der Waals surface area contributed by atoms with E-state index >= 15 is 0 Å². The van der Waals surface area contributed by atoms with Crippen LogP contribution in [0, 0.1) is 0 Å². The third-order valence-electron chi connectivity index (χ3n) is 3.64. The Balaban J connectivity index is 1.90. The number of nitrogens with one attached hydrogen (secondary N) is 1. The fraction of sp³-hybridized carbons (Fsp3) is 0.500. The molecule has 0 amide bonds. The lowest BCUT2D eigenvalue weighted by atomic mass is 10.1. The maximum atomic E-state index is 11.8. The van der Waals surface area contributed by atoms with Crippen molar-refractivity contribution in [1.29, 1.82) is 0 Å². The van der Waals surface area contributed by atoms with Crippen LogP contribution in [0.5, 0.6) is 0 Å². The van der Waals surface area contributed by atoms with Crippen molar-refractivity contribution in [3.63, 3.8) is 0 Å². The molecular weight excluding hydrogens is 316 g/mol. The van der Waals surface area contributed by atoms with Gasteiger partial charge in [-0.1, -0.05) is 15.9 Å². The first kappa shape index (κ1) is 12.4. The Morgan fingerprint density at radius 3 is 2.67 bits per heavy atom. The van der Waals surface area contributed by atoms with Crippen LogP contribution >= 0.6 is 15.9 Å². The molecule has 0 aliphatic carbocycles. The van der Waals surface area contributed by atoms with Crippen LogP contribution in [0.1, 0.15) is 0 Å². The Labute approximate surface area is 115 Å². The summed E-state index contributed by atoms with van der Waals surface area (Å²) in [5, 5.41) is 3.32. The molecule has 2 aliphatic heterocycles. The maximum Gasteiger partial charge on any atom is 0.153 e. The highest BCUT2D eigenvalue weighted by Gasteiger charge is 2.42. The molecule has 2 fully saturated rings. The molecule has 1 aromatic rings. The van der Waals surface area contributed by atoms with Crippen molar-refractivity contribution >= 4 is 31.5 Å². The summed E-state index contributed by atoms with van der Waals surface area (Å²) in [4.78, 5) is 2.22. The van der Waals surface area contributed by atoms with E-state index in [1.807, 2.05) is 24.3 Å². The molecule has 1 aromatic carbocycles. The van der Waals surface area contributed by atoms with Crippen molar-refractivity contribution in [3.05, 3.63) is 28.7 Å². The van der Waals surface area contributed by atoms with Crippen LogP contribution < -0.4 is 10.2 Å². The number of halogens is 1. The molecule has 6 heteroatoms. The largest absolute Gasteiger partial charge is 0.365 e. The summed E-state index contributed by atoms with van der Waals surface area (Å²) in [6.45, 7) is 1.70. The minimum atomic E-state index is -2.89. The maximum absolute atomic E-state index is 11.8. The van der Waals surface area contributed by atoms with Crippen molar-refractivity contribution in [2.45, 2.75) is 12.1 Å². The van der Waals surface area contributed by atoms with Gasteiger partial charge in [-0.05, 0) is 24.3 Å². The first-order valence-electron chi connectivity index (χ1n) is 6.01. The molecule has 0 aromatic heterocycles. The molecule has 98 valence electrons. The molecule has 2 atom stereocenters. The average molecular weight is 331 g/mol. The normalized spacial score (nSPS) is 30.2. The Bertz CT molecular complexity index is 544. The Morgan fingerprint density at radius 2 is 1.94 bits per heavy atom. The molecule has 0 bridgehead atoms. The minimum Gasteiger partial charge on any atom is -0.365 e. The zero-order chi connectivity index (χ0) is 12.8. The summed E-state index contributed by atoms with van der Waals surface area (Å²) in [6, 6.07) is 8.22. The van der Waals surface area contributed by atoms with Gasteiger partial charge in [0.05, 0.1) is 17.5 Å². The van der Waals surface area contributed by atoms with Crippen LogP contribution in [0.2, 0.25) is 0 Å². The molecular formula is C12H15BrN2O2S. The van der Waals surface area contributed by atoms with Crippen LogP contribution in [0.3, 0.4) is 0 Å². The topological polar surface area (TPSA) is 49.4 Å². The van der Waals surface area contributed by atoms with Crippen LogP contribution in [-0.2, 0) is 9.84 Å². The van der Waals surface area contributed by atoms with Gasteiger partial charge in [-0.2, -0.15) is 0 Å². The van der Waals surface area contributed by atoms with Gasteiger partial charge in [0.2, 0.25) is 0 Å². The number of hydrogen-bond acceptors (Lipinski definition) is 4. The van der Waals surface area contributed by atoms with Gasteiger partial charge in [-0.15, -0.1) is 0 Å². The second-order valence-corrected chi connectivity index (χ2v) is 7.94. The van der Waals surface area contributed by atoms with Crippen molar-refractivity contribution in [3.8, 4) is 0 Å². The summed E-state index contributed by atoms with van der Waals surface area (Å²) < 4.78 is 24.5. The van der Waals surface area contributed by atoms with Gasteiger partial charge in [-0.3, -0.25) is 0 Å². The first-order valence-corrected chi connectivity index (χ1v) is 8.63. The van der Waals surface area contributed by atoms with E-state index in [1.54, 1.807) is 0 Å². The van der Waals surface area contributed by atoms with Gasteiger partial charge in [0.1, 0.15) is 0 Å². The van der Waals surface area contributed by atoms with E-state index in [2.05, 4.69) is 26.1 Å². The Morgan fingerprint density at radius 1 is 1.22 bits per heavy atom. The molecule has 3 rings (SSSR count). The van der Waals surface area contributed by atoms with Crippen LogP contribution in [0.25, 0.3) is 0 Å². The fourth-order valence-corrected chi connectivity index (χ4v) is 5.04. The molecule has 1 N–H and O–H groups in total. The second kappa shape index (κ2) is 4.51. The quantitative estimate of drug-likeness (QED) is 0.835. The number of benzene rings is 1. The zero-order valence-electron chi connectivity index (χ0n) is 9.84. The molecule has 2 aliphatic rings. The number of nitrogens with zero attached hydrogens (tertiary/aromatic N) is 1. The Kier molecular flexibility index (Phi) is 3.11. The summed E-state index contributed by atoms with van der Waals surface area (Å²) in [7, 11) is -2.89. The molecule has 18 heavy (non-hydrogen) atoms. The predicted octanol–water partition coefficient (Wildman–Crippen LogP) is 1.02. The van der Waals surface area contributed by atoms with Gasteiger partial charge >= 0.3 is 0 Å². The van der Waals surface area contributed by atoms with E-state index in [4.69, 9.17) is 0 Å². The number of sulfone groups is 1. The summed E-state index contributed by atoms with van der Waals surface area (Å²) in [6.07, 6.45) is 0. The van der Waals surface area contributed by atoms with E-state index < -0.39 is 9.84 Å². The first-order chi connectivity index (χ1) is 8.55. The third kappa shape index (κ3) is 2.29. The molecule has 0 saturated carbocycles. The van der Waals surface area contributed by atoms with Gasteiger partial charge in [0.25, 0.3) is 0 Å². The molecule has 2 unspecified atom stereocenters. The summed E-state index contributed by atoms with van der Waals surface area (Å²) in [5.41, 5.74) is 1.10. The Hall–Kier alpha value is -0.590. The smallest absolute Gasteiger partial charge is 0.153 e. The predicted molar refractivity (Wildman–Crippen MR) is 75.7 cm³/mol. The van der Waals surface area contributed by atoms with Crippen LogP contribution in [0.4, 0.5) is 5.69 Å². The van der Waals surface area contributed by atoms with Gasteiger partial charge in [0, 0.05) is 29.3 Å². The van der Waals surface area contributed by atoms with Crippen molar-refractivity contribution in [2.75, 3.05) is 29.5 Å². The minimum absolute atomic E-state index is 0.0740. The summed E-state index contributed by atoms with van der Waals surface area (Å²) >= 11 is 3.42. The molecule has 2 heterocycles. The number of anilines is 1. The lowest BCUT2D eigenvalue weighted by molar-refractivity contribution is 0.425. The lowest BCUT2D eigenvalue weighted by Crippen LogP contribution is -2.57. The highest BCUT2D eigenvalue weighted by atomic mass is 79.9. The van der Waals surface area contributed by atoms with E-state index in [9.17, 15) is 8.42 Å². The molecule has 4 nitrogen and oxygen atoms in total. The fourth-order valence-electron chi connectivity index (χ4n) is 2.82. The zero-order valence-corrected chi connectivity index (χ0v) is 12.2. The number of hydrogen-bond donors (Lipinski definition) is 1. The van der Waals surface area contributed by atoms with Crippen LogP contribution in [-0.4, -0.2) is 45.1 Å². The highest BCUT2D eigenvalue weighted by Crippen LogP contribution is 2.27. The SMILES string of the molecule is O=S1(=O)CC2NCCN(c3ccc(Br)cc3)C2C1. The third-order valence-corrected chi connectivity index (χ3v) is 5.89. The van der Waals surface area contributed by atoms with Crippen LogP contribution in [0.15, 0.2) is 28.7 Å². The second-order valence-electron chi connectivity index (χ2n) is 4.87. The number of rotatable bonds is 1. The molecule has 2 saturated heterocycles. The molecule has 0 spiro atoms. The van der Waals surface area contributed by atoms with Crippen molar-refractivity contribution in [1.82, 2.24) is 5.32 Å². The van der Waals surface area contributed by atoms with Gasteiger partial charge in [0.15, 0.2) is 9.84 Å². The van der Waals surface area contributed by atoms with E-state index in [0.717, 1.165) is 23.2 Å². The highest BCUT2D eigenvalue weighted by molar-refractivity contribution is 9.10. The van der Waals surface area contributed by atoms with E-state index in [0.29, 0.717) is 0 Å². The van der Waals surface area contributed by atoms with Gasteiger partial charge in [-0.25, -0.2) is 8.42 Å². The van der Waals surface area contributed by atoms with Crippen molar-refractivity contribution in [2.24, 2.45) is 0 Å². The van der Waals surface area contributed by atoms with E-state index in [-0.39, 0.29) is 23.6 Å². The van der Waals surface area contributed by atoms with E-state index in [1.165, 1.54) is 0 Å². The lowest BCUT2D eigenvalue weighted by Gasteiger charge is -2.39.